The lowest BCUT2D eigenvalue weighted by atomic mass is 10.2. The van der Waals surface area contributed by atoms with Crippen LogP contribution in [0.5, 0.6) is 0 Å². The minimum Gasteiger partial charge on any atom is -0.378 e. The number of halogens is 1. The van der Waals surface area contributed by atoms with Crippen molar-refractivity contribution in [1.82, 2.24) is 9.97 Å². The summed E-state index contributed by atoms with van der Waals surface area (Å²) in [6.45, 7) is 0. The number of rotatable bonds is 4. The molecular formula is C15H17ClN4. The first kappa shape index (κ1) is 13.2. The van der Waals surface area contributed by atoms with Crippen molar-refractivity contribution in [2.75, 3.05) is 24.3 Å². The zero-order chi connectivity index (χ0) is 14.1. The van der Waals surface area contributed by atoms with Crippen LogP contribution in [0.3, 0.4) is 0 Å². The van der Waals surface area contributed by atoms with Crippen LogP contribution in [0.25, 0.3) is 0 Å². The van der Waals surface area contributed by atoms with Crippen LogP contribution in [-0.2, 0) is 0 Å². The molecule has 4 nitrogen and oxygen atoms in total. The Bertz CT molecular complexity index is 606. The lowest BCUT2D eigenvalue weighted by Gasteiger charge is -2.13. The summed E-state index contributed by atoms with van der Waals surface area (Å²) in [5, 5.41) is 3.77. The molecule has 1 fully saturated rings. The smallest absolute Gasteiger partial charge is 0.135 e. The standard InChI is InChI=1S/C15H17ClN4/c1-20(2)12-7-5-11(6-8-12)17-14-9-13(16)18-15(19-14)10-3-4-10/h5-10H,3-4H2,1-2H3,(H,17,18,19). The molecule has 0 radical (unpaired) electrons. The molecule has 5 heteroatoms. The number of anilines is 3. The molecule has 2 aromatic rings. The van der Waals surface area contributed by atoms with Gasteiger partial charge < -0.3 is 10.2 Å². The zero-order valence-electron chi connectivity index (χ0n) is 11.6. The van der Waals surface area contributed by atoms with Crippen LogP contribution in [0.15, 0.2) is 30.3 Å². The first-order chi connectivity index (χ1) is 9.61. The third-order valence-electron chi connectivity index (χ3n) is 3.31. The number of benzene rings is 1. The predicted octanol–water partition coefficient (Wildman–Crippen LogP) is 3.82. The minimum atomic E-state index is 0.491. The number of nitrogens with zero attached hydrogens (tertiary/aromatic N) is 3. The van der Waals surface area contributed by atoms with Gasteiger partial charge in [0.1, 0.15) is 16.8 Å². The van der Waals surface area contributed by atoms with E-state index in [9.17, 15) is 0 Å². The third kappa shape index (κ3) is 3.02. The highest BCUT2D eigenvalue weighted by atomic mass is 35.5. The van der Waals surface area contributed by atoms with Crippen LogP contribution in [0.4, 0.5) is 17.2 Å². The first-order valence-electron chi connectivity index (χ1n) is 6.71. The van der Waals surface area contributed by atoms with E-state index in [0.717, 1.165) is 35.9 Å². The Kier molecular flexibility index (Phi) is 3.49. The molecule has 1 saturated carbocycles. The Morgan fingerprint density at radius 1 is 1.15 bits per heavy atom. The molecule has 1 aliphatic rings. The summed E-state index contributed by atoms with van der Waals surface area (Å²) in [6, 6.07) is 9.94. The Balaban J connectivity index is 1.79. The van der Waals surface area contributed by atoms with Crippen molar-refractivity contribution in [2.24, 2.45) is 0 Å². The molecule has 1 aliphatic carbocycles. The lowest BCUT2D eigenvalue weighted by Crippen LogP contribution is -2.08. The fraction of sp³-hybridized carbons (Fsp3) is 0.333. The maximum atomic E-state index is 6.06. The summed E-state index contributed by atoms with van der Waals surface area (Å²) in [5.41, 5.74) is 2.15. The molecule has 1 N–H and O–H groups in total. The van der Waals surface area contributed by atoms with Gasteiger partial charge in [-0.2, -0.15) is 0 Å². The van der Waals surface area contributed by atoms with E-state index in [4.69, 9.17) is 11.6 Å². The molecule has 0 spiro atoms. The van der Waals surface area contributed by atoms with E-state index < -0.39 is 0 Å². The minimum absolute atomic E-state index is 0.491. The largest absolute Gasteiger partial charge is 0.378 e. The highest BCUT2D eigenvalue weighted by Gasteiger charge is 2.27. The molecular weight excluding hydrogens is 272 g/mol. The normalized spacial score (nSPS) is 14.2. The van der Waals surface area contributed by atoms with Gasteiger partial charge in [-0.15, -0.1) is 0 Å². The molecule has 0 saturated heterocycles. The van der Waals surface area contributed by atoms with Gasteiger partial charge in [0.2, 0.25) is 0 Å². The van der Waals surface area contributed by atoms with Crippen molar-refractivity contribution in [3.63, 3.8) is 0 Å². The Morgan fingerprint density at radius 2 is 1.85 bits per heavy atom. The van der Waals surface area contributed by atoms with E-state index >= 15 is 0 Å². The van der Waals surface area contributed by atoms with Gasteiger partial charge in [0.15, 0.2) is 0 Å². The summed E-state index contributed by atoms with van der Waals surface area (Å²) >= 11 is 6.06. The Morgan fingerprint density at radius 3 is 2.45 bits per heavy atom. The van der Waals surface area contributed by atoms with E-state index in [1.165, 1.54) is 0 Å². The number of hydrogen-bond acceptors (Lipinski definition) is 4. The maximum Gasteiger partial charge on any atom is 0.135 e. The third-order valence-corrected chi connectivity index (χ3v) is 3.50. The average Bonchev–Trinajstić information content (AvgIpc) is 3.23. The summed E-state index contributed by atoms with van der Waals surface area (Å²) in [6.07, 6.45) is 2.33. The van der Waals surface area contributed by atoms with Crippen molar-refractivity contribution in [2.45, 2.75) is 18.8 Å². The number of aromatic nitrogens is 2. The topological polar surface area (TPSA) is 41.0 Å². The molecule has 0 amide bonds. The summed E-state index contributed by atoms with van der Waals surface area (Å²) in [4.78, 5) is 10.9. The van der Waals surface area contributed by atoms with Gasteiger partial charge in [0.25, 0.3) is 0 Å². The van der Waals surface area contributed by atoms with Crippen molar-refractivity contribution in [3.05, 3.63) is 41.3 Å². The SMILES string of the molecule is CN(C)c1ccc(Nc2cc(Cl)nc(C3CC3)n2)cc1. The summed E-state index contributed by atoms with van der Waals surface area (Å²) < 4.78 is 0. The number of nitrogens with one attached hydrogen (secondary N) is 1. The first-order valence-corrected chi connectivity index (χ1v) is 7.08. The van der Waals surface area contributed by atoms with E-state index in [-0.39, 0.29) is 0 Å². The fourth-order valence-corrected chi connectivity index (χ4v) is 2.20. The molecule has 1 heterocycles. The van der Waals surface area contributed by atoms with Gasteiger partial charge in [-0.05, 0) is 37.1 Å². The Hall–Kier alpha value is -1.81. The highest BCUT2D eigenvalue weighted by molar-refractivity contribution is 6.29. The monoisotopic (exact) mass is 288 g/mol. The molecule has 1 aromatic heterocycles. The lowest BCUT2D eigenvalue weighted by molar-refractivity contribution is 0.931. The van der Waals surface area contributed by atoms with Crippen LogP contribution in [0.2, 0.25) is 5.15 Å². The van der Waals surface area contributed by atoms with Crippen LogP contribution in [-0.4, -0.2) is 24.1 Å². The molecule has 0 aliphatic heterocycles. The van der Waals surface area contributed by atoms with Crippen molar-refractivity contribution in [1.29, 1.82) is 0 Å². The molecule has 0 unspecified atom stereocenters. The van der Waals surface area contributed by atoms with Crippen LogP contribution >= 0.6 is 11.6 Å². The van der Waals surface area contributed by atoms with Crippen molar-refractivity contribution in [3.8, 4) is 0 Å². The molecule has 0 bridgehead atoms. The second-order valence-electron chi connectivity index (χ2n) is 5.27. The van der Waals surface area contributed by atoms with Crippen LogP contribution in [0.1, 0.15) is 24.6 Å². The average molecular weight is 289 g/mol. The predicted molar refractivity (Wildman–Crippen MR) is 83.1 cm³/mol. The summed E-state index contributed by atoms with van der Waals surface area (Å²) in [7, 11) is 4.04. The van der Waals surface area contributed by atoms with Gasteiger partial charge in [-0.3, -0.25) is 0 Å². The van der Waals surface area contributed by atoms with Gasteiger partial charge in [0.05, 0.1) is 0 Å². The van der Waals surface area contributed by atoms with E-state index in [1.807, 2.05) is 26.2 Å². The van der Waals surface area contributed by atoms with Gasteiger partial charge in [-0.1, -0.05) is 11.6 Å². The van der Waals surface area contributed by atoms with E-state index in [1.54, 1.807) is 6.07 Å². The summed E-state index contributed by atoms with van der Waals surface area (Å²) in [5.74, 6) is 2.10. The maximum absolute atomic E-state index is 6.06. The Labute approximate surface area is 123 Å². The van der Waals surface area contributed by atoms with Gasteiger partial charge in [-0.25, -0.2) is 9.97 Å². The van der Waals surface area contributed by atoms with Crippen LogP contribution < -0.4 is 10.2 Å². The highest BCUT2D eigenvalue weighted by Crippen LogP contribution is 2.39. The van der Waals surface area contributed by atoms with Crippen LogP contribution in [0, 0.1) is 0 Å². The molecule has 3 rings (SSSR count). The van der Waals surface area contributed by atoms with E-state index in [0.29, 0.717) is 11.1 Å². The second-order valence-corrected chi connectivity index (χ2v) is 5.66. The van der Waals surface area contributed by atoms with Gasteiger partial charge >= 0.3 is 0 Å². The quantitative estimate of drug-likeness (QED) is 0.869. The fourth-order valence-electron chi connectivity index (χ4n) is 2.01. The van der Waals surface area contributed by atoms with Gasteiger partial charge in [0, 0.05) is 37.5 Å². The van der Waals surface area contributed by atoms with Crippen molar-refractivity contribution < 1.29 is 0 Å². The molecule has 20 heavy (non-hydrogen) atoms. The molecule has 104 valence electrons. The molecule has 1 aromatic carbocycles. The molecule has 0 atom stereocenters. The van der Waals surface area contributed by atoms with Crippen molar-refractivity contribution >= 4 is 28.8 Å². The van der Waals surface area contributed by atoms with E-state index in [2.05, 4.69) is 32.3 Å². The number of hydrogen-bond donors (Lipinski definition) is 1. The second kappa shape index (κ2) is 5.29. The zero-order valence-corrected chi connectivity index (χ0v) is 12.4.